The first-order chi connectivity index (χ1) is 4.24. The molecule has 0 bridgehead atoms. The van der Waals surface area contributed by atoms with Gasteiger partial charge in [0, 0.05) is 0 Å². The van der Waals surface area contributed by atoms with E-state index in [-0.39, 0.29) is 12.3 Å². The van der Waals surface area contributed by atoms with E-state index in [1.807, 2.05) is 0 Å². The molecule has 1 aromatic heterocycles. The van der Waals surface area contributed by atoms with E-state index in [0.717, 1.165) is 0 Å². The molecule has 0 amide bonds. The van der Waals surface area contributed by atoms with Gasteiger partial charge in [0.2, 0.25) is 0 Å². The lowest BCUT2D eigenvalue weighted by molar-refractivity contribution is 0.910. The van der Waals surface area contributed by atoms with Crippen LogP contribution in [0.1, 0.15) is 0 Å². The second-order valence-electron chi connectivity index (χ2n) is 1.23. The van der Waals surface area contributed by atoms with Crippen molar-refractivity contribution in [2.75, 3.05) is 0 Å². The monoisotopic (exact) mass is 274 g/mol. The Morgan fingerprint density at radius 2 is 2.33 bits per heavy atom. The molecule has 6 heteroatoms. The van der Waals surface area contributed by atoms with Crippen molar-refractivity contribution in [2.45, 2.75) is 0 Å². The van der Waals surface area contributed by atoms with Gasteiger partial charge in [0.05, 0.1) is 6.20 Å². The maximum absolute atomic E-state index is 11.8. The van der Waals surface area contributed by atoms with Gasteiger partial charge in [0.25, 0.3) is 0 Å². The van der Waals surface area contributed by atoms with Gasteiger partial charge in [-0.3, -0.25) is 0 Å². The molecule has 0 aromatic carbocycles. The van der Waals surface area contributed by atoms with Gasteiger partial charge in [-0.05, 0) is 31.9 Å². The summed E-state index contributed by atoms with van der Waals surface area (Å²) < 4.78 is 14.1. The number of rotatable bonds is 1. The van der Waals surface area contributed by atoms with Crippen LogP contribution in [0.3, 0.4) is 0 Å². The molecule has 1 aromatic rings. The Bertz CT molecular complexity index is 214. The minimum absolute atomic E-state index is 0.0935. The van der Waals surface area contributed by atoms with Crippen molar-refractivity contribution < 1.29 is 3.89 Å². The van der Waals surface area contributed by atoms with Gasteiger partial charge in [0.1, 0.15) is 4.60 Å². The average Bonchev–Trinajstić information content (AvgIpc) is 2.10. The van der Waals surface area contributed by atoms with Gasteiger partial charge in [-0.1, -0.05) is 0 Å². The molecule has 0 aliphatic rings. The van der Waals surface area contributed by atoms with E-state index >= 15 is 0 Å². The maximum atomic E-state index is 11.8. The van der Waals surface area contributed by atoms with Gasteiger partial charge in [-0.2, -0.15) is 0 Å². The Morgan fingerprint density at radius 3 is 2.56 bits per heavy atom. The van der Waals surface area contributed by atoms with Crippen LogP contribution in [0.25, 0.3) is 0 Å². The second kappa shape index (κ2) is 3.03. The lowest BCUT2D eigenvalue weighted by atomic mass is 11.0. The van der Waals surface area contributed by atoms with E-state index < -0.39 is 0 Å². The highest BCUT2D eigenvalue weighted by molar-refractivity contribution is 9.11. The number of halogens is 3. The highest BCUT2D eigenvalue weighted by Crippen LogP contribution is 2.20. The summed E-state index contributed by atoms with van der Waals surface area (Å²) in [4.78, 5) is 3.82. The fourth-order valence-corrected chi connectivity index (χ4v) is 1.81. The third-order valence-electron chi connectivity index (χ3n) is 0.679. The molecule has 1 rings (SSSR count). The SMILES string of the molecule is FSn1cc(Br)nc1Br. The summed E-state index contributed by atoms with van der Waals surface area (Å²) in [6.07, 6.45) is 1.52. The molecule has 0 aliphatic carbocycles. The molecule has 0 atom stereocenters. The molecular formula is C3HBr2FN2S. The van der Waals surface area contributed by atoms with Crippen molar-refractivity contribution in [2.24, 2.45) is 0 Å². The summed E-state index contributed by atoms with van der Waals surface area (Å²) in [7, 11) is 0. The van der Waals surface area contributed by atoms with Crippen molar-refractivity contribution in [3.8, 4) is 0 Å². The lowest BCUT2D eigenvalue weighted by Crippen LogP contribution is -1.77. The van der Waals surface area contributed by atoms with Gasteiger partial charge in [0.15, 0.2) is 17.1 Å². The van der Waals surface area contributed by atoms with Crippen molar-refractivity contribution >= 4 is 44.2 Å². The fraction of sp³-hybridized carbons (Fsp3) is 0. The smallest absolute Gasteiger partial charge is 0.190 e. The molecule has 50 valence electrons. The van der Waals surface area contributed by atoms with Crippen molar-refractivity contribution in [3.05, 3.63) is 15.5 Å². The molecule has 0 radical (unpaired) electrons. The molecule has 0 unspecified atom stereocenters. The lowest BCUT2D eigenvalue weighted by Gasteiger charge is -1.87. The van der Waals surface area contributed by atoms with Crippen LogP contribution in [-0.4, -0.2) is 8.96 Å². The van der Waals surface area contributed by atoms with Crippen molar-refractivity contribution in [1.29, 1.82) is 0 Å². The van der Waals surface area contributed by atoms with Crippen LogP contribution in [0.15, 0.2) is 15.5 Å². The molecule has 0 N–H and O–H groups in total. The zero-order chi connectivity index (χ0) is 6.85. The van der Waals surface area contributed by atoms with Crippen molar-refractivity contribution in [1.82, 2.24) is 8.96 Å². The normalized spacial score (nSPS) is 10.1. The van der Waals surface area contributed by atoms with Crippen LogP contribution in [0.5, 0.6) is 0 Å². The molecule has 0 aliphatic heterocycles. The average molecular weight is 276 g/mol. The summed E-state index contributed by atoms with van der Waals surface area (Å²) in [5, 5.41) is 0. The number of hydrogen-bond donors (Lipinski definition) is 0. The highest BCUT2D eigenvalue weighted by atomic mass is 79.9. The molecule has 2 nitrogen and oxygen atoms in total. The Labute approximate surface area is 72.5 Å². The molecule has 1 heterocycles. The zero-order valence-electron chi connectivity index (χ0n) is 4.01. The summed E-state index contributed by atoms with van der Waals surface area (Å²) in [6, 6.07) is 0. The molecular weight excluding hydrogens is 275 g/mol. The standard InChI is InChI=1S/C3HBr2FN2S/c4-2-1-8(9-6)3(5)7-2/h1H. The first-order valence-corrected chi connectivity index (χ1v) is 4.19. The van der Waals surface area contributed by atoms with Crippen LogP contribution in [0.2, 0.25) is 0 Å². The van der Waals surface area contributed by atoms with Crippen LogP contribution >= 0.6 is 44.2 Å². The molecule has 0 fully saturated rings. The van der Waals surface area contributed by atoms with Crippen LogP contribution < -0.4 is 0 Å². The Kier molecular flexibility index (Phi) is 2.54. The third kappa shape index (κ3) is 1.68. The van der Waals surface area contributed by atoms with E-state index in [1.54, 1.807) is 0 Å². The number of nitrogens with zero attached hydrogens (tertiary/aromatic N) is 2. The van der Waals surface area contributed by atoms with Crippen LogP contribution in [0, 0.1) is 0 Å². The third-order valence-corrected chi connectivity index (χ3v) is 2.28. The predicted octanol–water partition coefficient (Wildman–Crippen LogP) is 2.79. The van der Waals surface area contributed by atoms with E-state index in [9.17, 15) is 3.89 Å². The summed E-state index contributed by atoms with van der Waals surface area (Å²) in [6.45, 7) is 0. The highest BCUT2D eigenvalue weighted by Gasteiger charge is 2.01. The van der Waals surface area contributed by atoms with E-state index in [0.29, 0.717) is 9.34 Å². The van der Waals surface area contributed by atoms with Gasteiger partial charge < -0.3 is 0 Å². The van der Waals surface area contributed by atoms with Gasteiger partial charge in [-0.25, -0.2) is 8.96 Å². The summed E-state index contributed by atoms with van der Waals surface area (Å²) in [5.74, 6) is 0. The zero-order valence-corrected chi connectivity index (χ0v) is 8.00. The Hall–Kier alpha value is 0.450. The second-order valence-corrected chi connectivity index (χ2v) is 3.28. The largest absolute Gasteiger partial charge is 0.239 e. The number of hydrogen-bond acceptors (Lipinski definition) is 2. The van der Waals surface area contributed by atoms with Gasteiger partial charge >= 0.3 is 0 Å². The van der Waals surface area contributed by atoms with Crippen LogP contribution in [0.4, 0.5) is 3.89 Å². The van der Waals surface area contributed by atoms with E-state index in [4.69, 9.17) is 0 Å². The first kappa shape index (κ1) is 7.56. The summed E-state index contributed by atoms with van der Waals surface area (Å²) in [5.41, 5.74) is 0. The fourth-order valence-electron chi connectivity index (χ4n) is 0.365. The Balaban J connectivity index is 3.01. The van der Waals surface area contributed by atoms with Crippen molar-refractivity contribution in [3.63, 3.8) is 0 Å². The molecule has 0 saturated heterocycles. The maximum Gasteiger partial charge on any atom is 0.190 e. The molecule has 0 saturated carbocycles. The minimum Gasteiger partial charge on any atom is -0.239 e. The number of imidazole rings is 1. The summed E-state index contributed by atoms with van der Waals surface area (Å²) >= 11 is 6.21. The first-order valence-electron chi connectivity index (χ1n) is 1.93. The quantitative estimate of drug-likeness (QED) is 0.784. The predicted molar refractivity (Wildman–Crippen MR) is 41.7 cm³/mol. The van der Waals surface area contributed by atoms with Crippen LogP contribution in [-0.2, 0) is 0 Å². The molecule has 9 heavy (non-hydrogen) atoms. The topological polar surface area (TPSA) is 17.8 Å². The number of aromatic nitrogens is 2. The Morgan fingerprint density at radius 1 is 1.67 bits per heavy atom. The molecule has 0 spiro atoms. The van der Waals surface area contributed by atoms with E-state index in [1.165, 1.54) is 10.2 Å². The van der Waals surface area contributed by atoms with E-state index in [2.05, 4.69) is 36.8 Å². The van der Waals surface area contributed by atoms with Gasteiger partial charge in [-0.15, -0.1) is 3.89 Å². The minimum atomic E-state index is 0.0935.